The van der Waals surface area contributed by atoms with E-state index in [1.807, 2.05) is 6.92 Å². The van der Waals surface area contributed by atoms with Crippen LogP contribution in [0.2, 0.25) is 0 Å². The molecule has 8 nitrogen and oxygen atoms in total. The number of anilines is 1. The number of hydrogen-bond acceptors (Lipinski definition) is 5. The molecular weight excluding hydrogens is 483 g/mol. The van der Waals surface area contributed by atoms with Gasteiger partial charge >= 0.3 is 0 Å². The van der Waals surface area contributed by atoms with Crippen LogP contribution in [0.25, 0.3) is 0 Å². The van der Waals surface area contributed by atoms with Gasteiger partial charge in [0.2, 0.25) is 15.9 Å². The van der Waals surface area contributed by atoms with Crippen molar-refractivity contribution in [3.05, 3.63) is 39.7 Å². The summed E-state index contributed by atoms with van der Waals surface area (Å²) in [5.74, 6) is -0.149. The molecule has 1 amide bonds. The van der Waals surface area contributed by atoms with Gasteiger partial charge in [-0.1, -0.05) is 0 Å². The smallest absolute Gasteiger partial charge is 0.243 e. The van der Waals surface area contributed by atoms with Crippen molar-refractivity contribution in [2.24, 2.45) is 0 Å². The monoisotopic (exact) mass is 504 g/mol. The maximum Gasteiger partial charge on any atom is 0.243 e. The molecule has 0 unspecified atom stereocenters. The Morgan fingerprint density at radius 3 is 2.52 bits per heavy atom. The van der Waals surface area contributed by atoms with E-state index in [1.165, 1.54) is 16.4 Å². The van der Waals surface area contributed by atoms with Crippen molar-refractivity contribution in [3.63, 3.8) is 0 Å². The summed E-state index contributed by atoms with van der Waals surface area (Å²) in [4.78, 5) is 12.4. The molecule has 1 fully saturated rings. The highest BCUT2D eigenvalue weighted by Crippen LogP contribution is 2.19. The Morgan fingerprint density at radius 1 is 1.26 bits per heavy atom. The lowest BCUT2D eigenvalue weighted by Crippen LogP contribution is -2.40. The van der Waals surface area contributed by atoms with Crippen LogP contribution in [0.3, 0.4) is 0 Å². The lowest BCUT2D eigenvalue weighted by Gasteiger charge is -2.26. The molecule has 3 rings (SSSR count). The summed E-state index contributed by atoms with van der Waals surface area (Å²) in [6.45, 7) is 3.97. The van der Waals surface area contributed by atoms with Crippen LogP contribution in [0.1, 0.15) is 12.1 Å². The standard InChI is InChI=1S/C17H21IN4O4S/c1-13-16(18)12-19-22(13)7-6-17(23)20-14-2-4-15(5-3-14)27(24,25)21-8-10-26-11-9-21/h2-5,12H,6-11H2,1H3,(H,20,23). The summed E-state index contributed by atoms with van der Waals surface area (Å²) in [7, 11) is -3.53. The number of carbonyl (C=O) groups is 1. The lowest BCUT2D eigenvalue weighted by molar-refractivity contribution is -0.116. The van der Waals surface area contributed by atoms with Crippen LogP contribution in [0.15, 0.2) is 35.4 Å². The Morgan fingerprint density at radius 2 is 1.93 bits per heavy atom. The molecule has 1 saturated heterocycles. The van der Waals surface area contributed by atoms with Gasteiger partial charge in [0.25, 0.3) is 0 Å². The van der Waals surface area contributed by atoms with Gasteiger partial charge < -0.3 is 10.1 Å². The molecule has 0 radical (unpaired) electrons. The Bertz CT molecular complexity index is 906. The molecule has 1 aliphatic rings. The molecule has 0 bridgehead atoms. The maximum atomic E-state index is 12.6. The average molecular weight is 504 g/mol. The van der Waals surface area contributed by atoms with Crippen LogP contribution in [0.5, 0.6) is 0 Å². The zero-order chi connectivity index (χ0) is 19.4. The number of morpholine rings is 1. The fraction of sp³-hybridized carbons (Fsp3) is 0.412. The van der Waals surface area contributed by atoms with Gasteiger partial charge in [0, 0.05) is 30.9 Å². The topological polar surface area (TPSA) is 93.5 Å². The number of halogens is 1. The van der Waals surface area contributed by atoms with Crippen molar-refractivity contribution in [1.82, 2.24) is 14.1 Å². The van der Waals surface area contributed by atoms with E-state index in [4.69, 9.17) is 4.74 Å². The summed E-state index contributed by atoms with van der Waals surface area (Å²) in [5, 5.41) is 7.01. The van der Waals surface area contributed by atoms with Gasteiger partial charge in [0.05, 0.1) is 34.4 Å². The second-order valence-electron chi connectivity index (χ2n) is 6.14. The first-order valence-corrected chi connectivity index (χ1v) is 11.1. The predicted molar refractivity (Wildman–Crippen MR) is 109 cm³/mol. The zero-order valence-corrected chi connectivity index (χ0v) is 17.9. The Labute approximate surface area is 172 Å². The third kappa shape index (κ3) is 4.86. The van der Waals surface area contributed by atoms with E-state index >= 15 is 0 Å². The van der Waals surface area contributed by atoms with Crippen molar-refractivity contribution in [1.29, 1.82) is 0 Å². The number of sulfonamides is 1. The molecule has 2 aromatic rings. The number of nitrogens with one attached hydrogen (secondary N) is 1. The van der Waals surface area contributed by atoms with E-state index in [0.717, 1.165) is 9.26 Å². The lowest BCUT2D eigenvalue weighted by atomic mass is 10.3. The number of hydrogen-bond donors (Lipinski definition) is 1. The minimum Gasteiger partial charge on any atom is -0.379 e. The van der Waals surface area contributed by atoms with E-state index < -0.39 is 10.0 Å². The Hall–Kier alpha value is -1.50. The molecule has 0 spiro atoms. The normalized spacial score (nSPS) is 15.6. The second kappa shape index (κ2) is 8.67. The molecule has 2 heterocycles. The van der Waals surface area contributed by atoms with Crippen molar-refractivity contribution < 1.29 is 17.9 Å². The van der Waals surface area contributed by atoms with Gasteiger partial charge in [-0.25, -0.2) is 8.42 Å². The second-order valence-corrected chi connectivity index (χ2v) is 9.24. The fourth-order valence-corrected chi connectivity index (χ4v) is 4.54. The van der Waals surface area contributed by atoms with Gasteiger partial charge in [0.15, 0.2) is 0 Å². The number of carbonyl (C=O) groups excluding carboxylic acids is 1. The number of ether oxygens (including phenoxy) is 1. The van der Waals surface area contributed by atoms with E-state index in [0.29, 0.717) is 38.5 Å². The highest BCUT2D eigenvalue weighted by Gasteiger charge is 2.26. The molecule has 10 heteroatoms. The zero-order valence-electron chi connectivity index (χ0n) is 14.9. The Balaban J connectivity index is 1.58. The molecule has 0 atom stereocenters. The van der Waals surface area contributed by atoms with E-state index in [9.17, 15) is 13.2 Å². The molecule has 1 N–H and O–H groups in total. The van der Waals surface area contributed by atoms with Crippen LogP contribution < -0.4 is 5.32 Å². The first-order chi connectivity index (χ1) is 12.9. The number of rotatable bonds is 6. The van der Waals surface area contributed by atoms with Crippen LogP contribution in [-0.2, 0) is 26.1 Å². The highest BCUT2D eigenvalue weighted by molar-refractivity contribution is 14.1. The first kappa shape index (κ1) is 20.2. The molecule has 1 aromatic carbocycles. The van der Waals surface area contributed by atoms with Gasteiger partial charge in [-0.15, -0.1) is 0 Å². The van der Waals surface area contributed by atoms with Crippen LogP contribution in [0, 0.1) is 10.5 Å². The van der Waals surface area contributed by atoms with Gasteiger partial charge in [-0.05, 0) is 53.8 Å². The summed E-state index contributed by atoms with van der Waals surface area (Å²) >= 11 is 2.20. The molecule has 146 valence electrons. The maximum absolute atomic E-state index is 12.6. The molecule has 0 saturated carbocycles. The molecule has 1 aromatic heterocycles. The third-order valence-corrected chi connectivity index (χ3v) is 7.31. The number of amides is 1. The number of aryl methyl sites for hydroxylation is 1. The first-order valence-electron chi connectivity index (χ1n) is 8.53. The number of benzene rings is 1. The minimum atomic E-state index is -3.53. The van der Waals surface area contributed by atoms with E-state index in [1.54, 1.807) is 23.0 Å². The number of nitrogens with zero attached hydrogens (tertiary/aromatic N) is 3. The highest BCUT2D eigenvalue weighted by atomic mass is 127. The van der Waals surface area contributed by atoms with Crippen molar-refractivity contribution in [2.45, 2.75) is 24.8 Å². The van der Waals surface area contributed by atoms with Crippen LogP contribution in [0.4, 0.5) is 5.69 Å². The fourth-order valence-electron chi connectivity index (χ4n) is 2.73. The predicted octanol–water partition coefficient (Wildman–Crippen LogP) is 1.85. The summed E-state index contributed by atoms with van der Waals surface area (Å²) in [6, 6.07) is 6.24. The molecule has 27 heavy (non-hydrogen) atoms. The van der Waals surface area contributed by atoms with Crippen molar-refractivity contribution >= 4 is 44.2 Å². The number of aromatic nitrogens is 2. The summed E-state index contributed by atoms with van der Waals surface area (Å²) in [6.07, 6.45) is 2.05. The molecular formula is C17H21IN4O4S. The van der Waals surface area contributed by atoms with Crippen molar-refractivity contribution in [3.8, 4) is 0 Å². The molecule has 1 aliphatic heterocycles. The van der Waals surface area contributed by atoms with Gasteiger partial charge in [-0.2, -0.15) is 9.40 Å². The average Bonchev–Trinajstić information content (AvgIpc) is 2.99. The van der Waals surface area contributed by atoms with Crippen LogP contribution in [-0.4, -0.2) is 54.7 Å². The Kier molecular flexibility index (Phi) is 6.50. The SMILES string of the molecule is Cc1c(I)cnn1CCC(=O)Nc1ccc(S(=O)(=O)N2CCOCC2)cc1. The van der Waals surface area contributed by atoms with E-state index in [2.05, 4.69) is 33.0 Å². The summed E-state index contributed by atoms with van der Waals surface area (Å²) in [5.41, 5.74) is 1.59. The summed E-state index contributed by atoms with van der Waals surface area (Å²) < 4.78 is 34.6. The largest absolute Gasteiger partial charge is 0.379 e. The van der Waals surface area contributed by atoms with Gasteiger partial charge in [-0.3, -0.25) is 9.48 Å². The third-order valence-electron chi connectivity index (χ3n) is 4.34. The minimum absolute atomic E-state index is 0.149. The van der Waals surface area contributed by atoms with Crippen molar-refractivity contribution in [2.75, 3.05) is 31.6 Å². The van der Waals surface area contributed by atoms with Gasteiger partial charge in [0.1, 0.15) is 0 Å². The molecule has 0 aliphatic carbocycles. The quantitative estimate of drug-likeness (QED) is 0.607. The van der Waals surface area contributed by atoms with Crippen LogP contribution >= 0.6 is 22.6 Å². The van der Waals surface area contributed by atoms with E-state index in [-0.39, 0.29) is 17.2 Å².